The number of carbonyl (C=O) groups is 2. The van der Waals surface area contributed by atoms with Gasteiger partial charge in [0.25, 0.3) is 5.91 Å². The Morgan fingerprint density at radius 2 is 1.86 bits per heavy atom. The second-order valence-corrected chi connectivity index (χ2v) is 9.08. The lowest BCUT2D eigenvalue weighted by Gasteiger charge is -2.27. The van der Waals surface area contributed by atoms with E-state index in [0.717, 1.165) is 4.68 Å². The zero-order chi connectivity index (χ0) is 25.8. The van der Waals surface area contributed by atoms with E-state index in [2.05, 4.69) is 10.4 Å². The van der Waals surface area contributed by atoms with Crippen LogP contribution in [0, 0.1) is 11.7 Å². The minimum absolute atomic E-state index is 0.0358. The van der Waals surface area contributed by atoms with Crippen LogP contribution in [0.3, 0.4) is 0 Å². The number of benzene rings is 2. The third kappa shape index (κ3) is 6.37. The molecule has 3 aromatic rings. The van der Waals surface area contributed by atoms with Gasteiger partial charge in [0.05, 0.1) is 18.1 Å². The van der Waals surface area contributed by atoms with Crippen LogP contribution in [0.15, 0.2) is 54.6 Å². The van der Waals surface area contributed by atoms with Gasteiger partial charge in [-0.3, -0.25) is 9.59 Å². The summed E-state index contributed by atoms with van der Waals surface area (Å²) in [5.74, 6) is -2.53. The molecule has 0 aliphatic heterocycles. The van der Waals surface area contributed by atoms with Crippen molar-refractivity contribution in [2.24, 2.45) is 5.92 Å². The Balaban J connectivity index is 1.96. The summed E-state index contributed by atoms with van der Waals surface area (Å²) in [5, 5.41) is 27.1. The summed E-state index contributed by atoms with van der Waals surface area (Å²) < 4.78 is 21.4. The van der Waals surface area contributed by atoms with Crippen LogP contribution in [0.1, 0.15) is 49.3 Å². The number of nitrogens with one attached hydrogen (secondary N) is 1. The van der Waals surface area contributed by atoms with Crippen LogP contribution in [-0.4, -0.2) is 44.1 Å². The number of amides is 1. The molecule has 3 rings (SSSR count). The first-order valence-electron chi connectivity index (χ1n) is 11.0. The maximum atomic E-state index is 14.5. The summed E-state index contributed by atoms with van der Waals surface area (Å²) in [5.41, 5.74) is -0.847. The number of carboxylic acid groups (broad SMARTS) is 1. The SMILES string of the molecule is CC(C)[C@](C)(O)COc1cc(C(=O)N[C@@H](CC(=O)O)c2ccccc2Cl)nn1-c1ccccc1F. The molecule has 0 aliphatic carbocycles. The summed E-state index contributed by atoms with van der Waals surface area (Å²) in [7, 11) is 0. The van der Waals surface area contributed by atoms with Crippen molar-refractivity contribution in [3.63, 3.8) is 0 Å². The summed E-state index contributed by atoms with van der Waals surface area (Å²) in [6, 6.07) is 12.8. The molecule has 0 saturated carbocycles. The van der Waals surface area contributed by atoms with Crippen LogP contribution in [0.2, 0.25) is 5.02 Å². The Hall–Kier alpha value is -3.43. The lowest BCUT2D eigenvalue weighted by atomic mass is 9.94. The molecule has 0 aliphatic rings. The number of carboxylic acids is 1. The predicted molar refractivity (Wildman–Crippen MR) is 128 cm³/mol. The molecule has 0 unspecified atom stereocenters. The molecule has 0 radical (unpaired) electrons. The van der Waals surface area contributed by atoms with Crippen molar-refractivity contribution in [1.82, 2.24) is 15.1 Å². The second kappa shape index (κ2) is 10.9. The van der Waals surface area contributed by atoms with Crippen LogP contribution in [0.4, 0.5) is 4.39 Å². The number of carbonyl (C=O) groups excluding carboxylic acids is 1. The first-order chi connectivity index (χ1) is 16.5. The Kier molecular flexibility index (Phi) is 8.14. The van der Waals surface area contributed by atoms with E-state index in [9.17, 15) is 24.2 Å². The monoisotopic (exact) mass is 503 g/mol. The molecule has 1 amide bonds. The molecule has 10 heteroatoms. The molecule has 35 heavy (non-hydrogen) atoms. The van der Waals surface area contributed by atoms with Gasteiger partial charge in [0.1, 0.15) is 18.1 Å². The van der Waals surface area contributed by atoms with E-state index in [1.54, 1.807) is 37.3 Å². The van der Waals surface area contributed by atoms with Crippen LogP contribution in [-0.2, 0) is 4.79 Å². The van der Waals surface area contributed by atoms with E-state index < -0.39 is 35.8 Å². The highest BCUT2D eigenvalue weighted by Gasteiger charge is 2.28. The summed E-state index contributed by atoms with van der Waals surface area (Å²) in [6.07, 6.45) is -0.413. The topological polar surface area (TPSA) is 114 Å². The first kappa shape index (κ1) is 26.2. The van der Waals surface area contributed by atoms with Crippen molar-refractivity contribution >= 4 is 23.5 Å². The van der Waals surface area contributed by atoms with E-state index in [0.29, 0.717) is 10.6 Å². The fourth-order valence-corrected chi connectivity index (χ4v) is 3.43. The number of hydrogen-bond acceptors (Lipinski definition) is 5. The highest BCUT2D eigenvalue weighted by molar-refractivity contribution is 6.31. The highest BCUT2D eigenvalue weighted by Crippen LogP contribution is 2.27. The van der Waals surface area contributed by atoms with Crippen molar-refractivity contribution in [1.29, 1.82) is 0 Å². The van der Waals surface area contributed by atoms with Crippen molar-refractivity contribution in [3.8, 4) is 11.6 Å². The van der Waals surface area contributed by atoms with Crippen LogP contribution in [0.5, 0.6) is 5.88 Å². The van der Waals surface area contributed by atoms with Gasteiger partial charge >= 0.3 is 5.97 Å². The number of aliphatic hydroxyl groups is 1. The van der Waals surface area contributed by atoms with E-state index >= 15 is 0 Å². The van der Waals surface area contributed by atoms with Gasteiger partial charge in [0.15, 0.2) is 5.69 Å². The van der Waals surface area contributed by atoms with Crippen molar-refractivity contribution < 1.29 is 28.9 Å². The molecule has 0 fully saturated rings. The molecule has 1 heterocycles. The summed E-state index contributed by atoms with van der Waals surface area (Å²) in [4.78, 5) is 24.5. The van der Waals surface area contributed by atoms with Crippen molar-refractivity contribution in [3.05, 3.63) is 76.7 Å². The molecule has 2 aromatic carbocycles. The minimum Gasteiger partial charge on any atom is -0.481 e. The van der Waals surface area contributed by atoms with Gasteiger partial charge in [0.2, 0.25) is 5.88 Å². The van der Waals surface area contributed by atoms with Gasteiger partial charge in [-0.25, -0.2) is 4.39 Å². The maximum Gasteiger partial charge on any atom is 0.305 e. The molecule has 8 nitrogen and oxygen atoms in total. The summed E-state index contributed by atoms with van der Waals surface area (Å²) >= 11 is 6.22. The summed E-state index contributed by atoms with van der Waals surface area (Å²) in [6.45, 7) is 5.13. The Bertz CT molecular complexity index is 1210. The largest absolute Gasteiger partial charge is 0.481 e. The molecule has 0 spiro atoms. The van der Waals surface area contributed by atoms with Gasteiger partial charge in [0, 0.05) is 11.1 Å². The molecular weight excluding hydrogens is 477 g/mol. The Morgan fingerprint density at radius 3 is 2.49 bits per heavy atom. The third-order valence-corrected chi connectivity index (χ3v) is 6.05. The minimum atomic E-state index is -1.19. The molecule has 1 aromatic heterocycles. The standard InChI is InChI=1S/C25H27ClFN3O5/c1-15(2)25(3,34)14-35-22-12-20(29-30(22)21-11-7-6-10-18(21)27)24(33)28-19(13-23(31)32)16-8-4-5-9-17(16)26/h4-12,15,19,34H,13-14H2,1-3H3,(H,28,33)(H,31,32)/t19-,25+/m0/s1. The Morgan fingerprint density at radius 1 is 1.20 bits per heavy atom. The van der Waals surface area contributed by atoms with Crippen LogP contribution >= 0.6 is 11.6 Å². The van der Waals surface area contributed by atoms with Gasteiger partial charge in [-0.05, 0) is 36.6 Å². The Labute approximate surface area is 207 Å². The predicted octanol–water partition coefficient (Wildman–Crippen LogP) is 4.40. The van der Waals surface area contributed by atoms with Crippen LogP contribution < -0.4 is 10.1 Å². The maximum absolute atomic E-state index is 14.5. The fourth-order valence-electron chi connectivity index (χ4n) is 3.16. The smallest absolute Gasteiger partial charge is 0.305 e. The van der Waals surface area contributed by atoms with E-state index in [1.807, 2.05) is 13.8 Å². The number of aromatic nitrogens is 2. The zero-order valence-electron chi connectivity index (χ0n) is 19.5. The van der Waals surface area contributed by atoms with E-state index in [1.165, 1.54) is 24.3 Å². The van der Waals surface area contributed by atoms with Crippen LogP contribution in [0.25, 0.3) is 5.69 Å². The van der Waals surface area contributed by atoms with Crippen molar-refractivity contribution in [2.75, 3.05) is 6.61 Å². The number of para-hydroxylation sites is 1. The highest BCUT2D eigenvalue weighted by atomic mass is 35.5. The number of hydrogen-bond donors (Lipinski definition) is 3. The molecule has 0 saturated heterocycles. The first-order valence-corrected chi connectivity index (χ1v) is 11.3. The quantitative estimate of drug-likeness (QED) is 0.378. The number of ether oxygens (including phenoxy) is 1. The van der Waals surface area contributed by atoms with E-state index in [-0.39, 0.29) is 29.8 Å². The average molecular weight is 504 g/mol. The molecule has 0 bridgehead atoms. The second-order valence-electron chi connectivity index (χ2n) is 8.68. The van der Waals surface area contributed by atoms with Gasteiger partial charge < -0.3 is 20.3 Å². The number of rotatable bonds is 10. The number of nitrogens with zero attached hydrogens (tertiary/aromatic N) is 2. The van der Waals surface area contributed by atoms with Gasteiger partial charge in [-0.2, -0.15) is 9.78 Å². The van der Waals surface area contributed by atoms with Crippen molar-refractivity contribution in [2.45, 2.75) is 38.8 Å². The molecule has 2 atom stereocenters. The van der Waals surface area contributed by atoms with Gasteiger partial charge in [-0.15, -0.1) is 0 Å². The zero-order valence-corrected chi connectivity index (χ0v) is 20.3. The number of halogens is 2. The lowest BCUT2D eigenvalue weighted by molar-refractivity contribution is -0.137. The lowest BCUT2D eigenvalue weighted by Crippen LogP contribution is -2.38. The molecule has 3 N–H and O–H groups in total. The molecule has 186 valence electrons. The van der Waals surface area contributed by atoms with E-state index in [4.69, 9.17) is 16.3 Å². The fraction of sp³-hybridized carbons (Fsp3) is 0.320. The third-order valence-electron chi connectivity index (χ3n) is 5.71. The molecular formula is C25H27ClFN3O5. The van der Waals surface area contributed by atoms with Gasteiger partial charge in [-0.1, -0.05) is 55.8 Å². The average Bonchev–Trinajstić information content (AvgIpc) is 3.22. The number of aliphatic carboxylic acids is 1. The normalized spacial score (nSPS) is 13.8.